The van der Waals surface area contributed by atoms with Crippen LogP contribution >= 0.6 is 11.3 Å². The third-order valence-electron chi connectivity index (χ3n) is 2.53. The maximum absolute atomic E-state index is 13.0. The van der Waals surface area contributed by atoms with E-state index in [-0.39, 0.29) is 6.04 Å². The molecular formula is C13H15FN2S. The summed E-state index contributed by atoms with van der Waals surface area (Å²) in [5.41, 5.74) is 0. The van der Waals surface area contributed by atoms with Crippen LogP contribution in [0.5, 0.6) is 0 Å². The lowest BCUT2D eigenvalue weighted by Crippen LogP contribution is -2.16. The minimum atomic E-state index is -0.455. The van der Waals surface area contributed by atoms with E-state index < -0.39 is 5.95 Å². The molecule has 0 aliphatic heterocycles. The number of pyridine rings is 1. The van der Waals surface area contributed by atoms with Crippen molar-refractivity contribution in [2.75, 3.05) is 5.32 Å². The molecule has 0 radical (unpaired) electrons. The maximum atomic E-state index is 13.0. The lowest BCUT2D eigenvalue weighted by molar-refractivity contribution is 0.545. The van der Waals surface area contributed by atoms with Gasteiger partial charge in [0.1, 0.15) is 5.82 Å². The Balaban J connectivity index is 2.19. The molecule has 4 heteroatoms. The Morgan fingerprint density at radius 3 is 2.65 bits per heavy atom. The van der Waals surface area contributed by atoms with Crippen LogP contribution < -0.4 is 5.32 Å². The second-order valence-electron chi connectivity index (χ2n) is 4.23. The van der Waals surface area contributed by atoms with Crippen molar-refractivity contribution in [1.29, 1.82) is 0 Å². The van der Waals surface area contributed by atoms with Crippen LogP contribution in [0.4, 0.5) is 10.2 Å². The third kappa shape index (κ3) is 3.03. The average Bonchev–Trinajstić information content (AvgIpc) is 2.78. The Bertz CT molecular complexity index is 468. The van der Waals surface area contributed by atoms with Crippen LogP contribution in [0, 0.1) is 11.9 Å². The predicted octanol–water partition coefficient (Wildman–Crippen LogP) is 4.09. The molecule has 0 saturated carbocycles. The van der Waals surface area contributed by atoms with Crippen molar-refractivity contribution >= 4 is 17.2 Å². The molecule has 90 valence electrons. The summed E-state index contributed by atoms with van der Waals surface area (Å²) in [6.07, 6.45) is 0. The van der Waals surface area contributed by atoms with E-state index in [4.69, 9.17) is 0 Å². The highest BCUT2D eigenvalue weighted by Gasteiger charge is 2.17. The van der Waals surface area contributed by atoms with Gasteiger partial charge in [0.2, 0.25) is 5.95 Å². The second kappa shape index (κ2) is 5.27. The Morgan fingerprint density at radius 1 is 1.24 bits per heavy atom. The van der Waals surface area contributed by atoms with Crippen molar-refractivity contribution in [2.45, 2.75) is 19.9 Å². The number of nitrogens with zero attached hydrogens (tertiary/aromatic N) is 1. The van der Waals surface area contributed by atoms with Crippen molar-refractivity contribution in [2.24, 2.45) is 5.92 Å². The van der Waals surface area contributed by atoms with Gasteiger partial charge in [0.25, 0.3) is 0 Å². The highest BCUT2D eigenvalue weighted by molar-refractivity contribution is 7.10. The number of aromatic nitrogens is 1. The van der Waals surface area contributed by atoms with Gasteiger partial charge in [0.05, 0.1) is 6.04 Å². The molecule has 0 spiro atoms. The van der Waals surface area contributed by atoms with Crippen LogP contribution in [-0.2, 0) is 0 Å². The van der Waals surface area contributed by atoms with E-state index in [9.17, 15) is 4.39 Å². The van der Waals surface area contributed by atoms with Gasteiger partial charge >= 0.3 is 0 Å². The van der Waals surface area contributed by atoms with Crippen molar-refractivity contribution in [3.8, 4) is 0 Å². The minimum absolute atomic E-state index is 0.171. The number of anilines is 1. The van der Waals surface area contributed by atoms with Crippen LogP contribution in [0.2, 0.25) is 0 Å². The average molecular weight is 250 g/mol. The molecule has 0 aromatic carbocycles. The number of hydrogen-bond acceptors (Lipinski definition) is 3. The fraction of sp³-hybridized carbons (Fsp3) is 0.308. The lowest BCUT2D eigenvalue weighted by atomic mass is 10.0. The van der Waals surface area contributed by atoms with E-state index in [0.29, 0.717) is 11.7 Å². The third-order valence-corrected chi connectivity index (χ3v) is 3.49. The van der Waals surface area contributed by atoms with Gasteiger partial charge in [0, 0.05) is 4.88 Å². The van der Waals surface area contributed by atoms with Gasteiger partial charge in [-0.2, -0.15) is 4.39 Å². The maximum Gasteiger partial charge on any atom is 0.214 e. The number of rotatable bonds is 4. The van der Waals surface area contributed by atoms with Crippen LogP contribution in [0.25, 0.3) is 0 Å². The first kappa shape index (κ1) is 12.0. The van der Waals surface area contributed by atoms with Gasteiger partial charge in [0.15, 0.2) is 0 Å². The first-order valence-electron chi connectivity index (χ1n) is 5.59. The summed E-state index contributed by atoms with van der Waals surface area (Å²) in [7, 11) is 0. The monoisotopic (exact) mass is 250 g/mol. The summed E-state index contributed by atoms with van der Waals surface area (Å²) in [6, 6.07) is 9.07. The molecule has 0 amide bonds. The van der Waals surface area contributed by atoms with E-state index in [1.54, 1.807) is 23.5 Å². The summed E-state index contributed by atoms with van der Waals surface area (Å²) in [4.78, 5) is 5.07. The molecular weight excluding hydrogens is 235 g/mol. The molecule has 0 fully saturated rings. The first-order chi connectivity index (χ1) is 8.16. The molecule has 0 bridgehead atoms. The van der Waals surface area contributed by atoms with E-state index in [0.717, 1.165) is 0 Å². The largest absolute Gasteiger partial charge is 0.362 e. The van der Waals surface area contributed by atoms with Crippen molar-refractivity contribution in [3.63, 3.8) is 0 Å². The molecule has 2 nitrogen and oxygen atoms in total. The molecule has 17 heavy (non-hydrogen) atoms. The van der Waals surface area contributed by atoms with E-state index in [1.807, 2.05) is 11.4 Å². The van der Waals surface area contributed by atoms with Gasteiger partial charge in [-0.15, -0.1) is 11.3 Å². The lowest BCUT2D eigenvalue weighted by Gasteiger charge is -2.21. The first-order valence-corrected chi connectivity index (χ1v) is 6.47. The Kier molecular flexibility index (Phi) is 3.74. The highest BCUT2D eigenvalue weighted by Crippen LogP contribution is 2.28. The van der Waals surface area contributed by atoms with E-state index in [1.165, 1.54) is 10.9 Å². The fourth-order valence-corrected chi connectivity index (χ4v) is 2.63. The zero-order valence-corrected chi connectivity index (χ0v) is 10.7. The summed E-state index contributed by atoms with van der Waals surface area (Å²) in [5.74, 6) is 0.541. The molecule has 0 aliphatic carbocycles. The standard InChI is InChI=1S/C13H15FN2S/c1-9(2)13(10-5-4-8-17-10)16-12-7-3-6-11(14)15-12/h3-9,13H,1-2H3,(H,15,16). The number of thiophene rings is 1. The molecule has 1 N–H and O–H groups in total. The van der Waals surface area contributed by atoms with Gasteiger partial charge in [-0.05, 0) is 29.5 Å². The van der Waals surface area contributed by atoms with Crippen molar-refractivity contribution < 1.29 is 4.39 Å². The summed E-state index contributed by atoms with van der Waals surface area (Å²) in [6.45, 7) is 4.27. The molecule has 0 saturated heterocycles. The highest BCUT2D eigenvalue weighted by atomic mass is 32.1. The molecule has 1 unspecified atom stereocenters. The Labute approximate surface area is 105 Å². The van der Waals surface area contributed by atoms with Crippen LogP contribution in [0.1, 0.15) is 24.8 Å². The van der Waals surface area contributed by atoms with E-state index >= 15 is 0 Å². The van der Waals surface area contributed by atoms with Crippen LogP contribution in [-0.4, -0.2) is 4.98 Å². The summed E-state index contributed by atoms with van der Waals surface area (Å²) < 4.78 is 13.0. The second-order valence-corrected chi connectivity index (χ2v) is 5.21. The number of nitrogens with one attached hydrogen (secondary N) is 1. The molecule has 2 aromatic heterocycles. The normalized spacial score (nSPS) is 12.7. The topological polar surface area (TPSA) is 24.9 Å². The Hall–Kier alpha value is -1.42. The molecule has 0 aliphatic rings. The van der Waals surface area contributed by atoms with Gasteiger partial charge in [-0.3, -0.25) is 0 Å². The zero-order chi connectivity index (χ0) is 12.3. The molecule has 2 heterocycles. The van der Waals surface area contributed by atoms with Crippen molar-refractivity contribution in [3.05, 3.63) is 46.5 Å². The summed E-state index contributed by atoms with van der Waals surface area (Å²) in [5, 5.41) is 5.33. The molecule has 1 atom stereocenters. The zero-order valence-electron chi connectivity index (χ0n) is 9.85. The van der Waals surface area contributed by atoms with Crippen LogP contribution in [0.3, 0.4) is 0 Å². The quantitative estimate of drug-likeness (QED) is 0.827. The smallest absolute Gasteiger partial charge is 0.214 e. The van der Waals surface area contributed by atoms with Gasteiger partial charge in [-0.1, -0.05) is 26.0 Å². The van der Waals surface area contributed by atoms with Gasteiger partial charge < -0.3 is 5.32 Å². The minimum Gasteiger partial charge on any atom is -0.362 e. The van der Waals surface area contributed by atoms with Gasteiger partial charge in [-0.25, -0.2) is 4.98 Å². The molecule has 2 rings (SSSR count). The fourth-order valence-electron chi connectivity index (χ4n) is 1.68. The van der Waals surface area contributed by atoms with Crippen molar-refractivity contribution in [1.82, 2.24) is 4.98 Å². The predicted molar refractivity (Wildman–Crippen MR) is 69.7 cm³/mol. The molecule has 2 aromatic rings. The van der Waals surface area contributed by atoms with Crippen LogP contribution in [0.15, 0.2) is 35.7 Å². The number of halogens is 1. The Morgan fingerprint density at radius 2 is 2.06 bits per heavy atom. The number of hydrogen-bond donors (Lipinski definition) is 1. The van der Waals surface area contributed by atoms with E-state index in [2.05, 4.69) is 30.2 Å². The summed E-state index contributed by atoms with van der Waals surface area (Å²) >= 11 is 1.70. The SMILES string of the molecule is CC(C)C(Nc1cccc(F)n1)c1cccs1.